The van der Waals surface area contributed by atoms with E-state index in [1.54, 1.807) is 0 Å². The van der Waals surface area contributed by atoms with Crippen molar-refractivity contribution in [2.45, 2.75) is 50.8 Å². The summed E-state index contributed by atoms with van der Waals surface area (Å²) in [5.74, 6) is 0.750. The second-order valence-electron chi connectivity index (χ2n) is 5.09. The molecule has 0 spiro atoms. The average Bonchev–Trinajstić information content (AvgIpc) is 2.42. The smallest absolute Gasteiger partial charge is 0.0596 e. The zero-order valence-corrected chi connectivity index (χ0v) is 11.0. The van der Waals surface area contributed by atoms with Crippen molar-refractivity contribution in [2.75, 3.05) is 0 Å². The average molecular weight is 241 g/mol. The Bertz CT molecular complexity index is 346. The topological polar surface area (TPSA) is 17.8 Å². The summed E-state index contributed by atoms with van der Waals surface area (Å²) in [4.78, 5) is 0. The van der Waals surface area contributed by atoms with Gasteiger partial charge in [0.2, 0.25) is 0 Å². The van der Waals surface area contributed by atoms with E-state index in [4.69, 9.17) is 11.6 Å². The number of nitrogens with zero attached hydrogens (tertiary/aromatic N) is 2. The molecule has 0 N–H and O–H groups in total. The highest BCUT2D eigenvalue weighted by Gasteiger charge is 2.20. The first-order valence-electron chi connectivity index (χ1n) is 6.28. The maximum Gasteiger partial charge on any atom is 0.0596 e. The fourth-order valence-corrected chi connectivity index (χ4v) is 3.14. The molecule has 0 bridgehead atoms. The molecule has 1 aromatic heterocycles. The zero-order chi connectivity index (χ0) is 11.5. The van der Waals surface area contributed by atoms with Crippen LogP contribution in [0.5, 0.6) is 0 Å². The predicted octanol–water partition coefficient (Wildman–Crippen LogP) is 3.46. The minimum atomic E-state index is 0.391. The van der Waals surface area contributed by atoms with Crippen LogP contribution in [0.15, 0.2) is 6.07 Å². The molecule has 90 valence electrons. The summed E-state index contributed by atoms with van der Waals surface area (Å²) in [5, 5.41) is 4.79. The minimum Gasteiger partial charge on any atom is -0.272 e. The van der Waals surface area contributed by atoms with Crippen LogP contribution in [0.1, 0.15) is 43.5 Å². The summed E-state index contributed by atoms with van der Waals surface area (Å²) in [7, 11) is 2.04. The standard InChI is InChI=1S/C13H21ClN2/c1-10-7-13(16(2)15-10)9-11-5-3-4-6-12(14)8-11/h7,11-12H,3-6,8-9H2,1-2H3. The summed E-state index contributed by atoms with van der Waals surface area (Å²) in [6.07, 6.45) is 7.47. The molecular weight excluding hydrogens is 220 g/mol. The molecule has 0 amide bonds. The number of hydrogen-bond acceptors (Lipinski definition) is 1. The maximum absolute atomic E-state index is 6.30. The lowest BCUT2D eigenvalue weighted by atomic mass is 9.95. The van der Waals surface area contributed by atoms with Crippen LogP contribution in [-0.2, 0) is 13.5 Å². The van der Waals surface area contributed by atoms with Crippen molar-refractivity contribution in [3.05, 3.63) is 17.5 Å². The summed E-state index contributed by atoms with van der Waals surface area (Å²) < 4.78 is 2.02. The van der Waals surface area contributed by atoms with Crippen LogP contribution in [0.4, 0.5) is 0 Å². The van der Waals surface area contributed by atoms with Crippen LogP contribution in [0, 0.1) is 12.8 Å². The van der Waals surface area contributed by atoms with Gasteiger partial charge in [-0.2, -0.15) is 5.10 Å². The molecule has 1 aliphatic carbocycles. The summed E-state index contributed by atoms with van der Waals surface area (Å²) in [5.41, 5.74) is 2.47. The molecule has 1 aliphatic rings. The van der Waals surface area contributed by atoms with Crippen molar-refractivity contribution in [3.63, 3.8) is 0 Å². The third kappa shape index (κ3) is 3.00. The second-order valence-corrected chi connectivity index (χ2v) is 5.71. The molecule has 1 saturated carbocycles. The first kappa shape index (κ1) is 12.0. The summed E-state index contributed by atoms with van der Waals surface area (Å²) in [6, 6.07) is 2.20. The largest absolute Gasteiger partial charge is 0.272 e. The van der Waals surface area contributed by atoms with E-state index in [0.29, 0.717) is 5.38 Å². The van der Waals surface area contributed by atoms with Crippen molar-refractivity contribution in [1.82, 2.24) is 9.78 Å². The minimum absolute atomic E-state index is 0.391. The number of aryl methyl sites for hydroxylation is 2. The van der Waals surface area contributed by atoms with Crippen LogP contribution in [0.25, 0.3) is 0 Å². The Morgan fingerprint density at radius 3 is 2.88 bits per heavy atom. The van der Waals surface area contributed by atoms with E-state index in [1.807, 2.05) is 11.7 Å². The van der Waals surface area contributed by atoms with Crippen LogP contribution in [-0.4, -0.2) is 15.2 Å². The van der Waals surface area contributed by atoms with E-state index in [1.165, 1.54) is 37.8 Å². The number of alkyl halides is 1. The van der Waals surface area contributed by atoms with Gasteiger partial charge in [0, 0.05) is 18.1 Å². The summed E-state index contributed by atoms with van der Waals surface area (Å²) in [6.45, 7) is 2.06. The molecule has 1 fully saturated rings. The van der Waals surface area contributed by atoms with Gasteiger partial charge < -0.3 is 0 Å². The highest BCUT2D eigenvalue weighted by molar-refractivity contribution is 6.20. The van der Waals surface area contributed by atoms with Gasteiger partial charge in [0.25, 0.3) is 0 Å². The molecule has 1 heterocycles. The SMILES string of the molecule is Cc1cc(CC2CCCCC(Cl)C2)n(C)n1. The van der Waals surface area contributed by atoms with E-state index in [2.05, 4.69) is 18.1 Å². The lowest BCUT2D eigenvalue weighted by Crippen LogP contribution is -2.11. The second kappa shape index (κ2) is 5.22. The molecular formula is C13H21ClN2. The van der Waals surface area contributed by atoms with Gasteiger partial charge in [-0.25, -0.2) is 0 Å². The van der Waals surface area contributed by atoms with Crippen molar-refractivity contribution in [3.8, 4) is 0 Å². The molecule has 2 atom stereocenters. The van der Waals surface area contributed by atoms with Gasteiger partial charge >= 0.3 is 0 Å². The van der Waals surface area contributed by atoms with Crippen LogP contribution in [0.2, 0.25) is 0 Å². The lowest BCUT2D eigenvalue weighted by Gasteiger charge is -2.15. The molecule has 0 aromatic carbocycles. The molecule has 0 radical (unpaired) electrons. The highest BCUT2D eigenvalue weighted by Crippen LogP contribution is 2.29. The predicted molar refractivity (Wildman–Crippen MR) is 67.9 cm³/mol. The third-order valence-electron chi connectivity index (χ3n) is 3.57. The third-order valence-corrected chi connectivity index (χ3v) is 3.96. The van der Waals surface area contributed by atoms with Gasteiger partial charge in [-0.1, -0.05) is 19.3 Å². The first-order chi connectivity index (χ1) is 7.65. The van der Waals surface area contributed by atoms with E-state index in [-0.39, 0.29) is 0 Å². The number of aromatic nitrogens is 2. The Morgan fingerprint density at radius 2 is 2.19 bits per heavy atom. The normalized spacial score (nSPS) is 26.7. The quantitative estimate of drug-likeness (QED) is 0.572. The Kier molecular flexibility index (Phi) is 3.91. The number of rotatable bonds is 2. The van der Waals surface area contributed by atoms with Crippen molar-refractivity contribution in [2.24, 2.45) is 13.0 Å². The monoisotopic (exact) mass is 240 g/mol. The van der Waals surface area contributed by atoms with Gasteiger partial charge in [-0.05, 0) is 38.2 Å². The molecule has 0 aliphatic heterocycles. The zero-order valence-electron chi connectivity index (χ0n) is 10.2. The van der Waals surface area contributed by atoms with E-state index in [0.717, 1.165) is 18.0 Å². The van der Waals surface area contributed by atoms with Crippen LogP contribution >= 0.6 is 11.6 Å². The Balaban J connectivity index is 2.00. The van der Waals surface area contributed by atoms with E-state index < -0.39 is 0 Å². The Morgan fingerprint density at radius 1 is 1.44 bits per heavy atom. The van der Waals surface area contributed by atoms with Gasteiger partial charge in [0.05, 0.1) is 5.69 Å². The highest BCUT2D eigenvalue weighted by atomic mass is 35.5. The maximum atomic E-state index is 6.30. The fraction of sp³-hybridized carbons (Fsp3) is 0.769. The Hall–Kier alpha value is -0.500. The van der Waals surface area contributed by atoms with Gasteiger partial charge in [0.1, 0.15) is 0 Å². The van der Waals surface area contributed by atoms with Crippen LogP contribution in [0.3, 0.4) is 0 Å². The van der Waals surface area contributed by atoms with E-state index >= 15 is 0 Å². The van der Waals surface area contributed by atoms with Gasteiger partial charge in [-0.3, -0.25) is 4.68 Å². The van der Waals surface area contributed by atoms with Gasteiger partial charge in [-0.15, -0.1) is 11.6 Å². The molecule has 1 aromatic rings. The van der Waals surface area contributed by atoms with Crippen LogP contribution < -0.4 is 0 Å². The van der Waals surface area contributed by atoms with Crippen molar-refractivity contribution >= 4 is 11.6 Å². The molecule has 2 nitrogen and oxygen atoms in total. The molecule has 2 rings (SSSR count). The molecule has 0 saturated heterocycles. The number of hydrogen-bond donors (Lipinski definition) is 0. The first-order valence-corrected chi connectivity index (χ1v) is 6.72. The lowest BCUT2D eigenvalue weighted by molar-refractivity contribution is 0.446. The molecule has 16 heavy (non-hydrogen) atoms. The fourth-order valence-electron chi connectivity index (χ4n) is 2.73. The molecule has 3 heteroatoms. The van der Waals surface area contributed by atoms with Gasteiger partial charge in [0.15, 0.2) is 0 Å². The van der Waals surface area contributed by atoms with Crippen molar-refractivity contribution in [1.29, 1.82) is 0 Å². The Labute approximate surface area is 103 Å². The number of halogens is 1. The van der Waals surface area contributed by atoms with Crippen molar-refractivity contribution < 1.29 is 0 Å². The summed E-state index contributed by atoms with van der Waals surface area (Å²) >= 11 is 6.30. The van der Waals surface area contributed by atoms with E-state index in [9.17, 15) is 0 Å². The molecule has 2 unspecified atom stereocenters.